The van der Waals surface area contributed by atoms with E-state index in [1.54, 1.807) is 12.1 Å². The van der Waals surface area contributed by atoms with Crippen LogP contribution in [0.4, 0.5) is 8.78 Å². The molecule has 2 aromatic rings. The van der Waals surface area contributed by atoms with Crippen molar-refractivity contribution in [3.63, 3.8) is 0 Å². The average molecular weight is 330 g/mol. The minimum Gasteiger partial charge on any atom is -0.310 e. The van der Waals surface area contributed by atoms with Gasteiger partial charge in [-0.05, 0) is 42.8 Å². The Hall–Kier alpha value is -1.16. The van der Waals surface area contributed by atoms with Crippen LogP contribution in [0.5, 0.6) is 0 Å². The topological polar surface area (TPSA) is 12.0 Å². The molecular formula is C16H15Cl2F2N. The van der Waals surface area contributed by atoms with Crippen molar-refractivity contribution in [2.45, 2.75) is 19.9 Å². The van der Waals surface area contributed by atoms with E-state index in [0.29, 0.717) is 16.1 Å². The first-order valence-electron chi connectivity index (χ1n) is 6.61. The molecule has 21 heavy (non-hydrogen) atoms. The van der Waals surface area contributed by atoms with Crippen LogP contribution in [0.25, 0.3) is 11.1 Å². The van der Waals surface area contributed by atoms with Crippen LogP contribution in [-0.2, 0) is 0 Å². The van der Waals surface area contributed by atoms with Crippen LogP contribution < -0.4 is 5.32 Å². The van der Waals surface area contributed by atoms with Crippen molar-refractivity contribution in [2.24, 2.45) is 0 Å². The number of benzene rings is 2. The van der Waals surface area contributed by atoms with Gasteiger partial charge < -0.3 is 5.32 Å². The third-order valence-corrected chi connectivity index (χ3v) is 3.94. The second kappa shape index (κ2) is 6.73. The molecule has 1 nitrogen and oxygen atoms in total. The third-order valence-electron chi connectivity index (χ3n) is 3.30. The van der Waals surface area contributed by atoms with Gasteiger partial charge in [0.1, 0.15) is 0 Å². The van der Waals surface area contributed by atoms with E-state index in [4.69, 9.17) is 23.2 Å². The quantitative estimate of drug-likeness (QED) is 0.719. The highest BCUT2D eigenvalue weighted by atomic mass is 35.5. The van der Waals surface area contributed by atoms with E-state index in [1.165, 1.54) is 0 Å². The molecule has 5 heteroatoms. The molecule has 0 saturated carbocycles. The summed E-state index contributed by atoms with van der Waals surface area (Å²) in [7, 11) is 0. The lowest BCUT2D eigenvalue weighted by Crippen LogP contribution is -2.17. The average Bonchev–Trinajstić information content (AvgIpc) is 2.43. The molecule has 0 fully saturated rings. The summed E-state index contributed by atoms with van der Waals surface area (Å²) in [6.07, 6.45) is 0. The van der Waals surface area contributed by atoms with E-state index in [9.17, 15) is 8.78 Å². The summed E-state index contributed by atoms with van der Waals surface area (Å²) >= 11 is 12.3. The molecule has 0 spiro atoms. The van der Waals surface area contributed by atoms with Crippen molar-refractivity contribution in [3.05, 3.63) is 57.6 Å². The smallest absolute Gasteiger partial charge is 0.160 e. The molecule has 0 bridgehead atoms. The predicted octanol–water partition coefficient (Wildman–Crippen LogP) is 5.61. The van der Waals surface area contributed by atoms with E-state index in [1.807, 2.05) is 19.9 Å². The minimum atomic E-state index is -0.966. The van der Waals surface area contributed by atoms with Crippen LogP contribution in [0, 0.1) is 11.6 Å². The maximum Gasteiger partial charge on any atom is 0.160 e. The number of hydrogen-bond acceptors (Lipinski definition) is 1. The number of nitrogens with one attached hydrogen (secondary N) is 1. The minimum absolute atomic E-state index is 0.108. The normalized spacial score (nSPS) is 12.5. The fourth-order valence-corrected chi connectivity index (χ4v) is 2.81. The SMILES string of the molecule is CCNC(C)c1ccc(-c2cc(F)c(F)cc2Cl)cc1Cl. The molecule has 0 aliphatic rings. The predicted molar refractivity (Wildman–Crippen MR) is 83.9 cm³/mol. The molecule has 2 aromatic carbocycles. The second-order valence-electron chi connectivity index (χ2n) is 4.76. The van der Waals surface area contributed by atoms with Crippen LogP contribution in [0.2, 0.25) is 10.0 Å². The zero-order valence-corrected chi connectivity index (χ0v) is 13.2. The Kier molecular flexibility index (Phi) is 5.20. The summed E-state index contributed by atoms with van der Waals surface area (Å²) < 4.78 is 26.5. The highest BCUT2D eigenvalue weighted by molar-refractivity contribution is 6.34. The molecule has 1 N–H and O–H groups in total. The van der Waals surface area contributed by atoms with Gasteiger partial charge in [0.05, 0.1) is 5.02 Å². The van der Waals surface area contributed by atoms with Crippen LogP contribution in [0.3, 0.4) is 0 Å². The van der Waals surface area contributed by atoms with Gasteiger partial charge in [0.25, 0.3) is 0 Å². The van der Waals surface area contributed by atoms with Gasteiger partial charge >= 0.3 is 0 Å². The molecule has 2 rings (SSSR count). The van der Waals surface area contributed by atoms with Crippen molar-refractivity contribution >= 4 is 23.2 Å². The maximum absolute atomic E-state index is 13.4. The van der Waals surface area contributed by atoms with Crippen LogP contribution >= 0.6 is 23.2 Å². The molecule has 112 valence electrons. The Balaban J connectivity index is 2.43. The van der Waals surface area contributed by atoms with Crippen molar-refractivity contribution in [1.29, 1.82) is 0 Å². The van der Waals surface area contributed by atoms with Crippen LogP contribution in [0.1, 0.15) is 25.5 Å². The van der Waals surface area contributed by atoms with Gasteiger partial charge in [-0.3, -0.25) is 0 Å². The first kappa shape index (κ1) is 16.2. The largest absolute Gasteiger partial charge is 0.310 e. The van der Waals surface area contributed by atoms with E-state index in [2.05, 4.69) is 5.32 Å². The van der Waals surface area contributed by atoms with Gasteiger partial charge in [0, 0.05) is 16.6 Å². The van der Waals surface area contributed by atoms with E-state index >= 15 is 0 Å². The molecule has 0 saturated heterocycles. The fraction of sp³-hybridized carbons (Fsp3) is 0.250. The van der Waals surface area contributed by atoms with Gasteiger partial charge in [-0.15, -0.1) is 0 Å². The monoisotopic (exact) mass is 329 g/mol. The maximum atomic E-state index is 13.4. The van der Waals surface area contributed by atoms with Crippen molar-refractivity contribution in [2.75, 3.05) is 6.54 Å². The lowest BCUT2D eigenvalue weighted by molar-refractivity contribution is 0.509. The van der Waals surface area contributed by atoms with E-state index < -0.39 is 11.6 Å². The summed E-state index contributed by atoms with van der Waals surface area (Å²) in [6.45, 7) is 4.85. The number of halogens is 4. The van der Waals surface area contributed by atoms with Gasteiger partial charge in [0.15, 0.2) is 11.6 Å². The molecule has 0 aromatic heterocycles. The van der Waals surface area contributed by atoms with Crippen molar-refractivity contribution in [1.82, 2.24) is 5.32 Å². The Morgan fingerprint density at radius 1 is 1.05 bits per heavy atom. The number of hydrogen-bond donors (Lipinski definition) is 1. The van der Waals surface area contributed by atoms with Gasteiger partial charge in [-0.25, -0.2) is 8.78 Å². The van der Waals surface area contributed by atoms with Gasteiger partial charge in [-0.2, -0.15) is 0 Å². The highest BCUT2D eigenvalue weighted by Gasteiger charge is 2.13. The summed E-state index contributed by atoms with van der Waals surface area (Å²) in [4.78, 5) is 0. The Bertz CT molecular complexity index is 659. The Morgan fingerprint density at radius 3 is 2.33 bits per heavy atom. The first-order valence-corrected chi connectivity index (χ1v) is 7.37. The Morgan fingerprint density at radius 2 is 1.71 bits per heavy atom. The lowest BCUT2D eigenvalue weighted by atomic mass is 10.0. The highest BCUT2D eigenvalue weighted by Crippen LogP contribution is 2.34. The van der Waals surface area contributed by atoms with Crippen molar-refractivity contribution < 1.29 is 8.78 Å². The molecular weight excluding hydrogens is 315 g/mol. The summed E-state index contributed by atoms with van der Waals surface area (Å²) in [5.74, 6) is -1.90. The van der Waals surface area contributed by atoms with Crippen LogP contribution in [0.15, 0.2) is 30.3 Å². The molecule has 0 heterocycles. The summed E-state index contributed by atoms with van der Waals surface area (Å²) in [5, 5.41) is 3.98. The molecule has 1 atom stereocenters. The van der Waals surface area contributed by atoms with E-state index in [-0.39, 0.29) is 11.1 Å². The second-order valence-corrected chi connectivity index (χ2v) is 5.58. The Labute approximate surface area is 132 Å². The van der Waals surface area contributed by atoms with Gasteiger partial charge in [0.2, 0.25) is 0 Å². The molecule has 0 amide bonds. The molecule has 1 unspecified atom stereocenters. The molecule has 0 radical (unpaired) electrons. The summed E-state index contributed by atoms with van der Waals surface area (Å²) in [6, 6.07) is 7.53. The summed E-state index contributed by atoms with van der Waals surface area (Å²) in [5.41, 5.74) is 2.01. The molecule has 0 aliphatic carbocycles. The van der Waals surface area contributed by atoms with Crippen molar-refractivity contribution in [3.8, 4) is 11.1 Å². The van der Waals surface area contributed by atoms with E-state index in [0.717, 1.165) is 24.2 Å². The molecule has 0 aliphatic heterocycles. The standard InChI is InChI=1S/C16H15Cl2F2N/c1-3-21-9(2)11-5-4-10(6-13(11)17)12-7-15(19)16(20)8-14(12)18/h4-9,21H,3H2,1-2H3. The number of rotatable bonds is 4. The third kappa shape index (κ3) is 3.54. The zero-order chi connectivity index (χ0) is 15.6. The fourth-order valence-electron chi connectivity index (χ4n) is 2.21. The zero-order valence-electron chi connectivity index (χ0n) is 11.7. The first-order chi connectivity index (χ1) is 9.93. The lowest BCUT2D eigenvalue weighted by Gasteiger charge is -2.15. The van der Waals surface area contributed by atoms with Crippen LogP contribution in [-0.4, -0.2) is 6.54 Å². The van der Waals surface area contributed by atoms with Gasteiger partial charge in [-0.1, -0.05) is 42.3 Å².